The number of hydrogen-bond acceptors (Lipinski definition) is 4. The molecule has 1 fully saturated rings. The third-order valence-electron chi connectivity index (χ3n) is 5.00. The van der Waals surface area contributed by atoms with Crippen LogP contribution in [-0.2, 0) is 9.53 Å². The lowest BCUT2D eigenvalue weighted by Crippen LogP contribution is -2.39. The van der Waals surface area contributed by atoms with Gasteiger partial charge in [-0.2, -0.15) is 5.26 Å². The van der Waals surface area contributed by atoms with Crippen LogP contribution in [0.4, 0.5) is 0 Å². The van der Waals surface area contributed by atoms with Crippen molar-refractivity contribution in [2.24, 2.45) is 0 Å². The molecule has 1 saturated heterocycles. The number of carbonyl (C=O) groups is 1. The highest BCUT2D eigenvalue weighted by atomic mass is 32.1. The molecular formula is C19H23NO2SSi. The van der Waals surface area contributed by atoms with Gasteiger partial charge in [-0.1, -0.05) is 43.6 Å². The highest BCUT2D eigenvalue weighted by molar-refractivity contribution is 7.27. The molecule has 0 N–H and O–H groups in total. The van der Waals surface area contributed by atoms with Crippen LogP contribution in [0.2, 0.25) is 18.6 Å². The second-order valence-corrected chi connectivity index (χ2v) is 13.8. The molecule has 1 aromatic heterocycles. The number of hydrogen-bond donors (Lipinski definition) is 0. The summed E-state index contributed by atoms with van der Waals surface area (Å²) in [7, 11) is -1.22. The number of carbonyl (C=O) groups excluding carboxylic acids is 1. The van der Waals surface area contributed by atoms with E-state index in [-0.39, 0.29) is 5.57 Å². The van der Waals surface area contributed by atoms with Gasteiger partial charge in [0.2, 0.25) is 0 Å². The van der Waals surface area contributed by atoms with Crippen molar-refractivity contribution in [1.29, 1.82) is 5.26 Å². The third kappa shape index (κ3) is 3.40. The molecule has 0 saturated carbocycles. The van der Waals surface area contributed by atoms with E-state index in [1.165, 1.54) is 29.8 Å². The van der Waals surface area contributed by atoms with Gasteiger partial charge in [-0.15, -0.1) is 11.3 Å². The maximum absolute atomic E-state index is 12.0. The lowest BCUT2D eigenvalue weighted by molar-refractivity contribution is -0.152. The number of esters is 1. The molecule has 0 amide bonds. The Bertz CT molecular complexity index is 761. The van der Waals surface area contributed by atoms with Crippen molar-refractivity contribution < 1.29 is 9.53 Å². The fourth-order valence-electron chi connectivity index (χ4n) is 3.63. The Kier molecular flexibility index (Phi) is 4.54. The molecule has 0 unspecified atom stereocenters. The highest BCUT2D eigenvalue weighted by Gasteiger charge is 2.35. The van der Waals surface area contributed by atoms with Crippen molar-refractivity contribution in [3.8, 4) is 6.07 Å². The Balaban J connectivity index is 1.84. The summed E-state index contributed by atoms with van der Waals surface area (Å²) in [4.78, 5) is 13.2. The van der Waals surface area contributed by atoms with Crippen molar-refractivity contribution in [2.75, 3.05) is 0 Å². The Morgan fingerprint density at radius 2 is 2.00 bits per heavy atom. The van der Waals surface area contributed by atoms with Crippen molar-refractivity contribution in [1.82, 2.24) is 0 Å². The van der Waals surface area contributed by atoms with Gasteiger partial charge in [0.15, 0.2) is 0 Å². The number of ether oxygens (including phenoxy) is 1. The maximum Gasteiger partial charge on any atom is 0.349 e. The number of allylic oxidation sites excluding steroid dienone is 1. The summed E-state index contributed by atoms with van der Waals surface area (Å²) in [5.74, 6) is -0.508. The van der Waals surface area contributed by atoms with E-state index in [2.05, 4.69) is 18.7 Å². The van der Waals surface area contributed by atoms with Gasteiger partial charge in [-0.25, -0.2) is 4.79 Å². The zero-order valence-electron chi connectivity index (χ0n) is 14.5. The SMILES string of the molecule is CC1(C)CC(/C=C/c2ccc([Si]3(C)CCCC3)s2)=C(C#N)C(=O)O1. The molecule has 0 aliphatic carbocycles. The zero-order chi connectivity index (χ0) is 17.4. The molecule has 2 aliphatic heterocycles. The van der Waals surface area contributed by atoms with Gasteiger partial charge in [-0.05, 0) is 36.1 Å². The molecule has 0 spiro atoms. The normalized spacial score (nSPS) is 22.7. The monoisotopic (exact) mass is 357 g/mol. The van der Waals surface area contributed by atoms with Gasteiger partial charge in [0, 0.05) is 11.3 Å². The quantitative estimate of drug-likeness (QED) is 0.595. The van der Waals surface area contributed by atoms with Gasteiger partial charge in [-0.3, -0.25) is 0 Å². The smallest absolute Gasteiger partial charge is 0.349 e. The average molecular weight is 358 g/mol. The van der Waals surface area contributed by atoms with Crippen LogP contribution >= 0.6 is 11.3 Å². The second-order valence-electron chi connectivity index (χ2n) is 7.64. The fraction of sp³-hybridized carbons (Fsp3) is 0.474. The molecule has 0 atom stereocenters. The predicted octanol–water partition coefficient (Wildman–Crippen LogP) is 4.39. The van der Waals surface area contributed by atoms with E-state index in [4.69, 9.17) is 4.74 Å². The highest BCUT2D eigenvalue weighted by Crippen LogP contribution is 2.33. The summed E-state index contributed by atoms with van der Waals surface area (Å²) in [6.45, 7) is 6.25. The first-order valence-corrected chi connectivity index (χ1v) is 12.2. The first-order valence-electron chi connectivity index (χ1n) is 8.48. The van der Waals surface area contributed by atoms with Crippen molar-refractivity contribution in [3.05, 3.63) is 34.2 Å². The standard InChI is InChI=1S/C19H23NO2SSi/c1-19(2)12-14(16(13-20)18(21)22-19)6-7-15-8-9-17(23-15)24(3)10-4-5-11-24/h6-9H,4-5,10-12H2,1-3H3/b7-6+. The first kappa shape index (κ1) is 17.2. The molecule has 5 heteroatoms. The minimum Gasteiger partial charge on any atom is -0.455 e. The third-order valence-corrected chi connectivity index (χ3v) is 11.9. The summed E-state index contributed by atoms with van der Waals surface area (Å²) in [5.41, 5.74) is 0.361. The minimum atomic E-state index is -1.22. The maximum atomic E-state index is 12.0. The molecule has 24 heavy (non-hydrogen) atoms. The Hall–Kier alpha value is -1.64. The Morgan fingerprint density at radius 3 is 2.67 bits per heavy atom. The number of cyclic esters (lactones) is 1. The molecule has 0 bridgehead atoms. The van der Waals surface area contributed by atoms with Crippen LogP contribution in [0.3, 0.4) is 0 Å². The Labute approximate surface area is 148 Å². The summed E-state index contributed by atoms with van der Waals surface area (Å²) in [5, 5.41) is 9.25. The summed E-state index contributed by atoms with van der Waals surface area (Å²) in [6, 6.07) is 9.27. The van der Waals surface area contributed by atoms with Crippen molar-refractivity contribution in [2.45, 2.75) is 57.3 Å². The molecule has 3 nitrogen and oxygen atoms in total. The van der Waals surface area contributed by atoms with Crippen LogP contribution in [0.25, 0.3) is 6.08 Å². The van der Waals surface area contributed by atoms with Crippen molar-refractivity contribution >= 4 is 36.0 Å². The van der Waals surface area contributed by atoms with E-state index in [0.29, 0.717) is 6.42 Å². The molecule has 3 heterocycles. The van der Waals surface area contributed by atoms with Gasteiger partial charge >= 0.3 is 5.97 Å². The van der Waals surface area contributed by atoms with E-state index in [0.717, 1.165) is 5.57 Å². The van der Waals surface area contributed by atoms with Crippen LogP contribution in [-0.4, -0.2) is 19.6 Å². The average Bonchev–Trinajstić information content (AvgIpc) is 3.13. The van der Waals surface area contributed by atoms with E-state index in [1.807, 2.05) is 43.4 Å². The lowest BCUT2D eigenvalue weighted by atomic mass is 9.91. The van der Waals surface area contributed by atoms with Gasteiger partial charge in [0.1, 0.15) is 17.2 Å². The van der Waals surface area contributed by atoms with Crippen LogP contribution in [0.15, 0.2) is 29.4 Å². The number of rotatable bonds is 3. The van der Waals surface area contributed by atoms with E-state index < -0.39 is 19.6 Å². The number of nitriles is 1. The molecule has 0 aromatic carbocycles. The molecular weight excluding hydrogens is 334 g/mol. The minimum absolute atomic E-state index is 0.138. The fourth-order valence-corrected chi connectivity index (χ4v) is 9.53. The van der Waals surface area contributed by atoms with Crippen LogP contribution in [0, 0.1) is 11.3 Å². The zero-order valence-corrected chi connectivity index (χ0v) is 16.3. The van der Waals surface area contributed by atoms with Gasteiger partial charge < -0.3 is 4.74 Å². The van der Waals surface area contributed by atoms with Crippen molar-refractivity contribution in [3.63, 3.8) is 0 Å². The molecule has 3 rings (SSSR count). The van der Waals surface area contributed by atoms with E-state index in [9.17, 15) is 10.1 Å². The topological polar surface area (TPSA) is 50.1 Å². The van der Waals surface area contributed by atoms with E-state index >= 15 is 0 Å². The molecule has 2 aliphatic rings. The van der Waals surface area contributed by atoms with Crippen LogP contribution in [0.1, 0.15) is 38.0 Å². The second kappa shape index (κ2) is 6.34. The summed E-state index contributed by atoms with van der Waals surface area (Å²) in [6.07, 6.45) is 7.29. The Morgan fingerprint density at radius 1 is 1.29 bits per heavy atom. The predicted molar refractivity (Wildman–Crippen MR) is 101 cm³/mol. The number of nitrogens with zero attached hydrogens (tertiary/aromatic N) is 1. The molecule has 0 radical (unpaired) electrons. The lowest BCUT2D eigenvalue weighted by Gasteiger charge is -2.30. The first-order chi connectivity index (χ1) is 11.3. The number of thiophene rings is 1. The molecule has 126 valence electrons. The molecule has 1 aromatic rings. The van der Waals surface area contributed by atoms with E-state index in [1.54, 1.807) is 4.50 Å². The van der Waals surface area contributed by atoms with Gasteiger partial charge in [0.05, 0.1) is 8.07 Å². The van der Waals surface area contributed by atoms with Gasteiger partial charge in [0.25, 0.3) is 0 Å². The van der Waals surface area contributed by atoms with Crippen LogP contribution < -0.4 is 4.50 Å². The summed E-state index contributed by atoms with van der Waals surface area (Å²) < 4.78 is 6.88. The van der Waals surface area contributed by atoms with Crippen LogP contribution in [0.5, 0.6) is 0 Å². The largest absolute Gasteiger partial charge is 0.455 e. The summed E-state index contributed by atoms with van der Waals surface area (Å²) >= 11 is 1.88.